The molecule has 0 radical (unpaired) electrons. The molecule has 0 atom stereocenters. The van der Waals surface area contributed by atoms with Crippen molar-refractivity contribution < 1.29 is 9.47 Å². The lowest BCUT2D eigenvalue weighted by Crippen LogP contribution is -2.38. The van der Waals surface area contributed by atoms with E-state index in [1.807, 2.05) is 12.1 Å². The van der Waals surface area contributed by atoms with E-state index < -0.39 is 0 Å². The third-order valence-corrected chi connectivity index (χ3v) is 4.93. The second-order valence-corrected chi connectivity index (χ2v) is 7.03. The molecule has 1 aliphatic rings. The Balaban J connectivity index is 1.72. The summed E-state index contributed by atoms with van der Waals surface area (Å²) in [6.45, 7) is 7.24. The molecule has 0 saturated carbocycles. The van der Waals surface area contributed by atoms with E-state index in [0.29, 0.717) is 12.6 Å². The molecule has 0 spiro atoms. The molecule has 27 heavy (non-hydrogen) atoms. The van der Waals surface area contributed by atoms with Crippen molar-refractivity contribution >= 4 is 5.96 Å². The zero-order valence-electron chi connectivity index (χ0n) is 17.2. The Hall–Kier alpha value is -1.79. The van der Waals surface area contributed by atoms with Crippen LogP contribution in [0.1, 0.15) is 38.2 Å². The molecule has 1 aliphatic heterocycles. The van der Waals surface area contributed by atoms with Gasteiger partial charge in [-0.3, -0.25) is 9.89 Å². The highest BCUT2D eigenvalue weighted by Gasteiger charge is 2.17. The van der Waals surface area contributed by atoms with E-state index in [0.717, 1.165) is 63.8 Å². The minimum absolute atomic E-state index is 0.616. The first-order valence-corrected chi connectivity index (χ1v) is 10.2. The summed E-state index contributed by atoms with van der Waals surface area (Å²) >= 11 is 0. The topological polar surface area (TPSA) is 58.1 Å². The van der Waals surface area contributed by atoms with Crippen LogP contribution >= 0.6 is 0 Å². The first-order chi connectivity index (χ1) is 13.2. The molecule has 1 aromatic carbocycles. The molecule has 0 bridgehead atoms. The SMILES string of the molecule is CCCCNC(=NC)NCc1cccc(OCCN(C)C2CCOCC2)c1. The Morgan fingerprint density at radius 2 is 2.11 bits per heavy atom. The van der Waals surface area contributed by atoms with Crippen LogP contribution in [0.4, 0.5) is 0 Å². The van der Waals surface area contributed by atoms with E-state index in [2.05, 4.69) is 46.6 Å². The van der Waals surface area contributed by atoms with E-state index in [-0.39, 0.29) is 0 Å². The highest BCUT2D eigenvalue weighted by Crippen LogP contribution is 2.15. The fourth-order valence-electron chi connectivity index (χ4n) is 3.15. The smallest absolute Gasteiger partial charge is 0.191 e. The number of nitrogens with one attached hydrogen (secondary N) is 2. The predicted octanol–water partition coefficient (Wildman–Crippen LogP) is 2.64. The minimum Gasteiger partial charge on any atom is -0.492 e. The van der Waals surface area contributed by atoms with Gasteiger partial charge in [0.15, 0.2) is 5.96 Å². The van der Waals surface area contributed by atoms with Crippen molar-refractivity contribution in [2.24, 2.45) is 4.99 Å². The summed E-state index contributed by atoms with van der Waals surface area (Å²) < 4.78 is 11.4. The maximum atomic E-state index is 5.97. The lowest BCUT2D eigenvalue weighted by atomic mass is 10.1. The third kappa shape index (κ3) is 8.18. The van der Waals surface area contributed by atoms with Crippen molar-refractivity contribution in [3.8, 4) is 5.75 Å². The number of aliphatic imine (C=N–C) groups is 1. The number of unbranched alkanes of at least 4 members (excludes halogenated alkanes) is 1. The second-order valence-electron chi connectivity index (χ2n) is 7.03. The normalized spacial score (nSPS) is 15.8. The van der Waals surface area contributed by atoms with Crippen LogP contribution in [0.3, 0.4) is 0 Å². The first kappa shape index (κ1) is 21.5. The van der Waals surface area contributed by atoms with Gasteiger partial charge >= 0.3 is 0 Å². The fourth-order valence-corrected chi connectivity index (χ4v) is 3.15. The molecule has 0 aromatic heterocycles. The maximum Gasteiger partial charge on any atom is 0.191 e. The summed E-state index contributed by atoms with van der Waals surface area (Å²) in [6.07, 6.45) is 4.55. The highest BCUT2D eigenvalue weighted by atomic mass is 16.5. The quantitative estimate of drug-likeness (QED) is 0.373. The summed E-state index contributed by atoms with van der Waals surface area (Å²) in [5, 5.41) is 6.68. The number of rotatable bonds is 10. The highest BCUT2D eigenvalue weighted by molar-refractivity contribution is 5.79. The molecule has 152 valence electrons. The number of hydrogen-bond acceptors (Lipinski definition) is 4. The Kier molecular flexibility index (Phi) is 10.0. The van der Waals surface area contributed by atoms with Crippen molar-refractivity contribution in [3.63, 3.8) is 0 Å². The molecule has 2 rings (SSSR count). The van der Waals surface area contributed by atoms with Crippen LogP contribution < -0.4 is 15.4 Å². The van der Waals surface area contributed by atoms with Gasteiger partial charge < -0.3 is 20.1 Å². The number of nitrogens with zero attached hydrogens (tertiary/aromatic N) is 2. The standard InChI is InChI=1S/C21H36N4O2/c1-4-5-11-23-21(22-2)24-17-18-7-6-8-20(16-18)27-15-12-25(3)19-9-13-26-14-10-19/h6-8,16,19H,4-5,9-15,17H2,1-3H3,(H2,22,23,24). The molecule has 6 heteroatoms. The van der Waals surface area contributed by atoms with Crippen LogP contribution in [0, 0.1) is 0 Å². The number of hydrogen-bond donors (Lipinski definition) is 2. The third-order valence-electron chi connectivity index (χ3n) is 4.93. The van der Waals surface area contributed by atoms with Gasteiger partial charge in [0.1, 0.15) is 12.4 Å². The van der Waals surface area contributed by atoms with Crippen molar-refractivity contribution in [2.45, 2.75) is 45.2 Å². The van der Waals surface area contributed by atoms with E-state index in [1.165, 1.54) is 12.0 Å². The Morgan fingerprint density at radius 1 is 1.30 bits per heavy atom. The van der Waals surface area contributed by atoms with E-state index in [1.54, 1.807) is 7.05 Å². The second kappa shape index (κ2) is 12.6. The molecule has 6 nitrogen and oxygen atoms in total. The Bertz CT molecular complexity index is 559. The average molecular weight is 377 g/mol. The summed E-state index contributed by atoms with van der Waals surface area (Å²) in [5.41, 5.74) is 1.18. The number of likely N-dealkylation sites (N-methyl/N-ethyl adjacent to an activating group) is 1. The molecule has 2 N–H and O–H groups in total. The Labute approximate surface area is 164 Å². The summed E-state index contributed by atoms with van der Waals surface area (Å²) in [5.74, 6) is 1.76. The first-order valence-electron chi connectivity index (χ1n) is 10.2. The van der Waals surface area contributed by atoms with Crippen molar-refractivity contribution in [2.75, 3.05) is 47.0 Å². The monoisotopic (exact) mass is 376 g/mol. The van der Waals surface area contributed by atoms with Crippen LogP contribution in [0.5, 0.6) is 5.75 Å². The molecule has 1 aromatic rings. The zero-order valence-corrected chi connectivity index (χ0v) is 17.2. The van der Waals surface area contributed by atoms with Crippen molar-refractivity contribution in [1.29, 1.82) is 0 Å². The largest absolute Gasteiger partial charge is 0.492 e. The van der Waals surface area contributed by atoms with Gasteiger partial charge in [0, 0.05) is 45.9 Å². The molecule has 1 heterocycles. The van der Waals surface area contributed by atoms with Gasteiger partial charge in [-0.25, -0.2) is 0 Å². The van der Waals surface area contributed by atoms with E-state index in [9.17, 15) is 0 Å². The van der Waals surface area contributed by atoms with Gasteiger partial charge in [-0.15, -0.1) is 0 Å². The summed E-state index contributed by atoms with van der Waals surface area (Å²) in [7, 11) is 3.98. The zero-order chi connectivity index (χ0) is 19.3. The maximum absolute atomic E-state index is 5.97. The summed E-state index contributed by atoms with van der Waals surface area (Å²) in [4.78, 5) is 6.65. The average Bonchev–Trinajstić information content (AvgIpc) is 2.71. The van der Waals surface area contributed by atoms with Crippen molar-refractivity contribution in [1.82, 2.24) is 15.5 Å². The molecular formula is C21H36N4O2. The van der Waals surface area contributed by atoms with Crippen LogP contribution in [0.15, 0.2) is 29.3 Å². The molecular weight excluding hydrogens is 340 g/mol. The van der Waals surface area contributed by atoms with Crippen LogP contribution in [-0.2, 0) is 11.3 Å². The number of benzene rings is 1. The number of guanidine groups is 1. The Morgan fingerprint density at radius 3 is 2.85 bits per heavy atom. The van der Waals surface area contributed by atoms with Crippen LogP contribution in [0.25, 0.3) is 0 Å². The lowest BCUT2D eigenvalue weighted by molar-refractivity contribution is 0.0392. The predicted molar refractivity (Wildman–Crippen MR) is 112 cm³/mol. The lowest BCUT2D eigenvalue weighted by Gasteiger charge is -2.31. The molecule has 1 saturated heterocycles. The van der Waals surface area contributed by atoms with Crippen molar-refractivity contribution in [3.05, 3.63) is 29.8 Å². The van der Waals surface area contributed by atoms with E-state index >= 15 is 0 Å². The van der Waals surface area contributed by atoms with E-state index in [4.69, 9.17) is 9.47 Å². The summed E-state index contributed by atoms with van der Waals surface area (Å²) in [6, 6.07) is 8.88. The van der Waals surface area contributed by atoms with Gasteiger partial charge in [0.05, 0.1) is 0 Å². The van der Waals surface area contributed by atoms with Gasteiger partial charge in [0.25, 0.3) is 0 Å². The minimum atomic E-state index is 0.616. The molecule has 0 amide bonds. The number of ether oxygens (including phenoxy) is 2. The van der Waals surface area contributed by atoms with Gasteiger partial charge in [-0.2, -0.15) is 0 Å². The van der Waals surface area contributed by atoms with Gasteiger partial charge in [-0.05, 0) is 44.0 Å². The van der Waals surface area contributed by atoms with Crippen LogP contribution in [0.2, 0.25) is 0 Å². The van der Waals surface area contributed by atoms with Gasteiger partial charge in [0.2, 0.25) is 0 Å². The molecule has 1 fully saturated rings. The van der Waals surface area contributed by atoms with Crippen LogP contribution in [-0.4, -0.2) is 63.9 Å². The molecule has 0 aliphatic carbocycles. The molecule has 0 unspecified atom stereocenters. The van der Waals surface area contributed by atoms with Gasteiger partial charge in [-0.1, -0.05) is 25.5 Å². The fraction of sp³-hybridized carbons (Fsp3) is 0.667.